The number of hydrogen-bond donors (Lipinski definition) is 0. The molecule has 0 atom stereocenters. The molecule has 0 amide bonds. The minimum Gasteiger partial charge on any atom is -0.488 e. The van der Waals surface area contributed by atoms with Crippen molar-refractivity contribution in [3.05, 3.63) is 129 Å². The van der Waals surface area contributed by atoms with Crippen LogP contribution in [0.15, 0.2) is 79.1 Å². The maximum Gasteiger partial charge on any atom is 0.293 e. The Morgan fingerprint density at radius 1 is 0.815 bits per heavy atom. The number of rotatable bonds is 19. The maximum absolute atomic E-state index is 11.8. The van der Waals surface area contributed by atoms with Crippen molar-refractivity contribution in [2.24, 2.45) is 0 Å². The van der Waals surface area contributed by atoms with Crippen molar-refractivity contribution < 1.29 is 37.5 Å². The van der Waals surface area contributed by atoms with Crippen molar-refractivity contribution in [1.29, 1.82) is 5.26 Å². The zero-order valence-corrected chi connectivity index (χ0v) is 41.3. The van der Waals surface area contributed by atoms with Gasteiger partial charge in [-0.25, -0.2) is 0 Å². The summed E-state index contributed by atoms with van der Waals surface area (Å²) < 4.78 is 35.1. The van der Waals surface area contributed by atoms with Gasteiger partial charge in [0, 0.05) is 53.5 Å². The molecular weight excluding hydrogens is 864 g/mol. The Bertz CT molecular complexity index is 2440. The van der Waals surface area contributed by atoms with E-state index in [1.165, 1.54) is 12.3 Å². The van der Waals surface area contributed by atoms with Gasteiger partial charge in [0.1, 0.15) is 43.0 Å². The van der Waals surface area contributed by atoms with E-state index in [-0.39, 0.29) is 34.1 Å². The van der Waals surface area contributed by atoms with Gasteiger partial charge < -0.3 is 27.9 Å². The number of aromatic nitrogens is 2. The number of methoxy groups -OCH3 is 1. The molecule has 5 rings (SSSR count). The third-order valence-corrected chi connectivity index (χ3v) is 14.7. The van der Waals surface area contributed by atoms with Gasteiger partial charge in [0.15, 0.2) is 6.29 Å². The van der Waals surface area contributed by atoms with E-state index in [0.29, 0.717) is 66.9 Å². The van der Waals surface area contributed by atoms with Gasteiger partial charge in [-0.2, -0.15) is 10.2 Å². The molecule has 0 radical (unpaired) electrons. The fourth-order valence-corrected chi connectivity index (χ4v) is 7.23. The van der Waals surface area contributed by atoms with Crippen LogP contribution in [0.25, 0.3) is 11.1 Å². The molecule has 2 aromatic heterocycles. The van der Waals surface area contributed by atoms with E-state index in [2.05, 4.69) is 98.1 Å². The Balaban J connectivity index is 0.00000122. The lowest BCUT2D eigenvalue weighted by Crippen LogP contribution is -2.29. The predicted molar refractivity (Wildman–Crippen MR) is 259 cm³/mol. The lowest BCUT2D eigenvalue weighted by atomic mass is 9.92. The molecule has 0 aliphatic heterocycles. The molecule has 12 nitrogen and oxygen atoms in total. The number of benzene rings is 3. The van der Waals surface area contributed by atoms with Crippen LogP contribution in [0.1, 0.15) is 90.8 Å². The van der Waals surface area contributed by atoms with Crippen LogP contribution in [0.4, 0.5) is 0 Å². The molecule has 0 aliphatic carbocycles. The Morgan fingerprint density at radius 3 is 2.00 bits per heavy atom. The maximum atomic E-state index is 11.8. The largest absolute Gasteiger partial charge is 0.488 e. The number of halogens is 1. The second-order valence-corrected chi connectivity index (χ2v) is 22.1. The second-order valence-electron chi connectivity index (χ2n) is 17.7. The van der Waals surface area contributed by atoms with Crippen LogP contribution in [0, 0.1) is 25.2 Å². The summed E-state index contributed by atoms with van der Waals surface area (Å²) in [5.41, 5.74) is 8.37. The molecule has 2 heterocycles. The van der Waals surface area contributed by atoms with Crippen molar-refractivity contribution >= 4 is 34.7 Å². The minimum atomic E-state index is -1.17. The van der Waals surface area contributed by atoms with Gasteiger partial charge in [-0.1, -0.05) is 68.8 Å². The fourth-order valence-electron chi connectivity index (χ4n) is 6.16. The summed E-state index contributed by atoms with van der Waals surface area (Å²) in [5.74, 6) is 1.71. The van der Waals surface area contributed by atoms with Crippen molar-refractivity contribution in [1.82, 2.24) is 14.9 Å². The topological polar surface area (TPSA) is 142 Å². The van der Waals surface area contributed by atoms with E-state index >= 15 is 0 Å². The van der Waals surface area contributed by atoms with E-state index in [0.717, 1.165) is 45.5 Å². The highest BCUT2D eigenvalue weighted by atomic mass is 35.5. The molecule has 14 heteroatoms. The molecular formula is C51H63ClN4O8S. The fraction of sp³-hybridized carbons (Fsp3) is 0.392. The van der Waals surface area contributed by atoms with Crippen molar-refractivity contribution in [3.63, 3.8) is 0 Å². The highest BCUT2D eigenvalue weighted by Gasteiger charge is 2.28. The third-order valence-electron chi connectivity index (χ3n) is 10.7. The summed E-state index contributed by atoms with van der Waals surface area (Å²) in [7, 11) is 2.53. The number of pyridine rings is 2. The average molecular weight is 928 g/mol. The van der Waals surface area contributed by atoms with Gasteiger partial charge in [-0.15, -0.1) is 10.3 Å². The normalized spacial score (nSPS) is 11.8. The van der Waals surface area contributed by atoms with Crippen LogP contribution < -0.4 is 18.9 Å². The van der Waals surface area contributed by atoms with Crippen LogP contribution in [-0.2, 0) is 40.1 Å². The Kier molecular flexibility index (Phi) is 18.8. The number of likely N-dealkylation sites (N-methyl/N-ethyl adjacent to an activating group) is 1. The first kappa shape index (κ1) is 52.0. The molecule has 348 valence electrons. The predicted octanol–water partition coefficient (Wildman–Crippen LogP) is 11.0. The highest BCUT2D eigenvalue weighted by Crippen LogP contribution is 2.53. The highest BCUT2D eigenvalue weighted by molar-refractivity contribution is 8.29. The first-order valence-corrected chi connectivity index (χ1v) is 23.8. The van der Waals surface area contributed by atoms with Crippen molar-refractivity contribution in [2.45, 2.75) is 92.1 Å². The van der Waals surface area contributed by atoms with E-state index in [9.17, 15) is 14.9 Å². The quantitative estimate of drug-likeness (QED) is 0.0727. The molecule has 3 aromatic carbocycles. The van der Waals surface area contributed by atoms with E-state index < -0.39 is 10.3 Å². The summed E-state index contributed by atoms with van der Waals surface area (Å²) >= 11 is 6.55. The van der Waals surface area contributed by atoms with Crippen LogP contribution >= 0.6 is 21.9 Å². The molecule has 0 spiro atoms. The van der Waals surface area contributed by atoms with Gasteiger partial charge in [-0.05, 0) is 106 Å². The molecule has 0 aliphatic rings. The standard InChI is InChI=1S/C46H53ClN4O6S.C5H10O2/c1-31-36(29-55-43-22-42(38(27-52)21-41(43)47)54-28-34-20-33(23-48)24-49-25-34)12-10-14-39(31)40-15-11-13-37(32(40)2)30-56-44-17-16-35(45(50-44)53-7)26-51(6)18-19-57-58(8,9)46(3,4)5;1-5(2,3)7-4-6/h10-17,20-22,24-25,27H,18-19,26,28-30H2,1-9H3;4H,1-3H3. The Hall–Kier alpha value is -5.65. The lowest BCUT2D eigenvalue weighted by Gasteiger charge is -2.44. The second kappa shape index (κ2) is 23.5. The summed E-state index contributed by atoms with van der Waals surface area (Å²) in [4.78, 5) is 32.4. The van der Waals surface area contributed by atoms with Gasteiger partial charge in [0.25, 0.3) is 6.47 Å². The number of ether oxygens (including phenoxy) is 5. The Labute approximate surface area is 391 Å². The summed E-state index contributed by atoms with van der Waals surface area (Å²) in [6.45, 7) is 19.6. The van der Waals surface area contributed by atoms with Crippen LogP contribution in [-0.4, -0.2) is 77.8 Å². The van der Waals surface area contributed by atoms with Crippen LogP contribution in [0.3, 0.4) is 0 Å². The lowest BCUT2D eigenvalue weighted by molar-refractivity contribution is -0.138. The average Bonchev–Trinajstić information content (AvgIpc) is 3.25. The van der Waals surface area contributed by atoms with Crippen LogP contribution in [0.2, 0.25) is 5.02 Å². The number of nitriles is 1. The molecule has 0 N–H and O–H groups in total. The monoisotopic (exact) mass is 926 g/mol. The summed E-state index contributed by atoms with van der Waals surface area (Å²) in [6.07, 6.45) is 8.20. The SMILES string of the molecule is CC(C)(C)OC=O.COc1nc(OCc2cccc(-c3cccc(COc4cc(OCc5cncc(C#N)c5)c(C=O)cc4Cl)c3C)c2C)ccc1CN(C)CCOS(C)(C)C(C)(C)C. The van der Waals surface area contributed by atoms with E-state index in [4.69, 9.17) is 34.7 Å². The van der Waals surface area contributed by atoms with E-state index in [1.807, 2.05) is 51.1 Å². The van der Waals surface area contributed by atoms with Gasteiger partial charge in [-0.3, -0.25) is 19.5 Å². The zero-order chi connectivity index (χ0) is 48.0. The summed E-state index contributed by atoms with van der Waals surface area (Å²) in [5, 5.41) is 9.49. The van der Waals surface area contributed by atoms with Crippen molar-refractivity contribution in [2.75, 3.05) is 39.8 Å². The molecule has 65 heavy (non-hydrogen) atoms. The number of nitrogens with zero attached hydrogens (tertiary/aromatic N) is 4. The van der Waals surface area contributed by atoms with Gasteiger partial charge in [0.2, 0.25) is 11.8 Å². The molecule has 0 saturated heterocycles. The zero-order valence-electron chi connectivity index (χ0n) is 39.7. The van der Waals surface area contributed by atoms with Crippen LogP contribution in [0.5, 0.6) is 23.3 Å². The van der Waals surface area contributed by atoms with Gasteiger partial charge in [0.05, 0.1) is 29.9 Å². The molecule has 0 fully saturated rings. The Morgan fingerprint density at radius 2 is 1.45 bits per heavy atom. The molecule has 0 saturated carbocycles. The first-order chi connectivity index (χ1) is 30.7. The number of carbonyl (C=O) groups is 2. The smallest absolute Gasteiger partial charge is 0.293 e. The van der Waals surface area contributed by atoms with Crippen molar-refractivity contribution in [3.8, 4) is 40.5 Å². The van der Waals surface area contributed by atoms with E-state index in [1.54, 1.807) is 25.4 Å². The number of hydrogen-bond acceptors (Lipinski definition) is 12. The number of carbonyl (C=O) groups excluding carboxylic acids is 2. The third kappa shape index (κ3) is 15.2. The molecule has 0 unspecified atom stereocenters. The molecule has 5 aromatic rings. The molecule has 0 bridgehead atoms. The van der Waals surface area contributed by atoms with Gasteiger partial charge >= 0.3 is 0 Å². The first-order valence-electron chi connectivity index (χ1n) is 21.1. The number of aldehydes is 1. The summed E-state index contributed by atoms with van der Waals surface area (Å²) in [6, 6.07) is 23.1. The minimum absolute atomic E-state index is 0.109.